The summed E-state index contributed by atoms with van der Waals surface area (Å²) in [7, 11) is 1.66. The van der Waals surface area contributed by atoms with Crippen LogP contribution in [0.2, 0.25) is 5.15 Å². The van der Waals surface area contributed by atoms with Gasteiger partial charge in [-0.05, 0) is 42.8 Å². The van der Waals surface area contributed by atoms with Gasteiger partial charge < -0.3 is 4.74 Å². The Bertz CT molecular complexity index is 765. The zero-order valence-electron chi connectivity index (χ0n) is 11.7. The van der Waals surface area contributed by atoms with Gasteiger partial charge in [0, 0.05) is 29.1 Å². The molecule has 3 aromatic rings. The van der Waals surface area contributed by atoms with Gasteiger partial charge in [-0.3, -0.25) is 5.10 Å². The highest BCUT2D eigenvalue weighted by atomic mass is 35.5. The summed E-state index contributed by atoms with van der Waals surface area (Å²) in [6.45, 7) is 2.03. The van der Waals surface area contributed by atoms with E-state index in [2.05, 4.69) is 21.2 Å². The fourth-order valence-corrected chi connectivity index (χ4v) is 2.38. The average molecular weight is 300 g/mol. The normalized spacial score (nSPS) is 10.6. The molecule has 5 heteroatoms. The van der Waals surface area contributed by atoms with Gasteiger partial charge in [0.25, 0.3) is 0 Å². The van der Waals surface area contributed by atoms with Crippen LogP contribution >= 0.6 is 11.6 Å². The van der Waals surface area contributed by atoms with Gasteiger partial charge in [-0.2, -0.15) is 5.10 Å². The van der Waals surface area contributed by atoms with Crippen molar-refractivity contribution in [2.24, 2.45) is 0 Å². The zero-order chi connectivity index (χ0) is 14.8. The minimum atomic E-state index is 0.473. The Labute approximate surface area is 127 Å². The van der Waals surface area contributed by atoms with Crippen molar-refractivity contribution in [2.75, 3.05) is 7.11 Å². The molecule has 0 radical (unpaired) electrons. The number of benzene rings is 1. The maximum atomic E-state index is 5.84. The lowest BCUT2D eigenvalue weighted by molar-refractivity contribution is 0.414. The highest BCUT2D eigenvalue weighted by Crippen LogP contribution is 2.32. The molecule has 0 bridgehead atoms. The first-order valence-corrected chi connectivity index (χ1v) is 6.87. The second-order valence-electron chi connectivity index (χ2n) is 4.76. The summed E-state index contributed by atoms with van der Waals surface area (Å²) in [5.41, 5.74) is 4.92. The predicted molar refractivity (Wildman–Crippen MR) is 83.6 cm³/mol. The summed E-state index contributed by atoms with van der Waals surface area (Å²) in [5.74, 6) is 0.813. The van der Waals surface area contributed by atoms with Crippen LogP contribution in [0.4, 0.5) is 0 Å². The number of rotatable bonds is 3. The largest absolute Gasteiger partial charge is 0.497 e. The van der Waals surface area contributed by atoms with Crippen LogP contribution < -0.4 is 4.74 Å². The third kappa shape index (κ3) is 2.76. The van der Waals surface area contributed by atoms with Gasteiger partial charge in [0.2, 0.25) is 0 Å². The van der Waals surface area contributed by atoms with Crippen molar-refractivity contribution < 1.29 is 4.74 Å². The number of halogens is 1. The molecule has 4 nitrogen and oxygen atoms in total. The minimum absolute atomic E-state index is 0.473. The number of hydrogen-bond donors (Lipinski definition) is 1. The molecule has 3 rings (SSSR count). The Balaban J connectivity index is 2.10. The zero-order valence-corrected chi connectivity index (χ0v) is 12.5. The van der Waals surface area contributed by atoms with Crippen LogP contribution in [0.15, 0.2) is 42.7 Å². The molecule has 0 aliphatic heterocycles. The lowest BCUT2D eigenvalue weighted by atomic mass is 10.0. The molecule has 0 fully saturated rings. The van der Waals surface area contributed by atoms with Gasteiger partial charge >= 0.3 is 0 Å². The van der Waals surface area contributed by atoms with E-state index in [0.717, 1.165) is 33.7 Å². The van der Waals surface area contributed by atoms with Gasteiger partial charge in [0.05, 0.1) is 7.11 Å². The van der Waals surface area contributed by atoms with Gasteiger partial charge in [-0.15, -0.1) is 0 Å². The predicted octanol–water partition coefficient (Wildman–Crippen LogP) is 4.11. The maximum Gasteiger partial charge on any atom is 0.129 e. The number of H-pyrrole nitrogens is 1. The molecule has 106 valence electrons. The lowest BCUT2D eigenvalue weighted by Crippen LogP contribution is -1.88. The van der Waals surface area contributed by atoms with Crippen molar-refractivity contribution in [3.8, 4) is 28.1 Å². The summed E-state index contributed by atoms with van der Waals surface area (Å²) in [4.78, 5) is 4.12. The number of aromatic amines is 1. The standard InChI is InChI=1S/C16H14ClN3O/c1-10-5-12(7-13(6-10)21-2)16-14(9-19-20-16)11-3-4-15(17)18-8-11/h3-9H,1-2H3,(H,19,20). The molecule has 0 saturated heterocycles. The smallest absolute Gasteiger partial charge is 0.129 e. The molecule has 0 aliphatic carbocycles. The van der Waals surface area contributed by atoms with Crippen LogP contribution in [0.1, 0.15) is 5.56 Å². The summed E-state index contributed by atoms with van der Waals surface area (Å²) >= 11 is 5.84. The lowest BCUT2D eigenvalue weighted by Gasteiger charge is -2.07. The molecule has 2 aromatic heterocycles. The van der Waals surface area contributed by atoms with Crippen LogP contribution in [0.5, 0.6) is 5.75 Å². The minimum Gasteiger partial charge on any atom is -0.497 e. The molecule has 21 heavy (non-hydrogen) atoms. The molecule has 0 atom stereocenters. The average Bonchev–Trinajstić information content (AvgIpc) is 2.97. The molecule has 2 heterocycles. The van der Waals surface area contributed by atoms with E-state index in [1.165, 1.54) is 0 Å². The SMILES string of the molecule is COc1cc(C)cc(-c2n[nH]cc2-c2ccc(Cl)nc2)c1. The Kier molecular flexibility index (Phi) is 3.62. The van der Waals surface area contributed by atoms with E-state index in [4.69, 9.17) is 16.3 Å². The van der Waals surface area contributed by atoms with Gasteiger partial charge in [0.1, 0.15) is 16.6 Å². The van der Waals surface area contributed by atoms with Crippen LogP contribution in [0.25, 0.3) is 22.4 Å². The van der Waals surface area contributed by atoms with Gasteiger partial charge in [0.15, 0.2) is 0 Å². The summed E-state index contributed by atoms with van der Waals surface area (Å²) in [5, 5.41) is 7.75. The first-order chi connectivity index (χ1) is 10.2. The van der Waals surface area contributed by atoms with E-state index in [1.54, 1.807) is 19.4 Å². The van der Waals surface area contributed by atoms with E-state index in [9.17, 15) is 0 Å². The molecule has 1 N–H and O–H groups in total. The Morgan fingerprint density at radius 3 is 2.71 bits per heavy atom. The second-order valence-corrected chi connectivity index (χ2v) is 5.14. The molecule has 0 spiro atoms. The molecule has 0 aliphatic rings. The highest BCUT2D eigenvalue weighted by Gasteiger charge is 2.12. The summed E-state index contributed by atoms with van der Waals surface area (Å²) in [6, 6.07) is 9.72. The quantitative estimate of drug-likeness (QED) is 0.740. The number of nitrogens with zero attached hydrogens (tertiary/aromatic N) is 2. The number of ether oxygens (including phenoxy) is 1. The van der Waals surface area contributed by atoms with E-state index in [0.29, 0.717) is 5.15 Å². The number of nitrogens with one attached hydrogen (secondary N) is 1. The molecule has 0 saturated carbocycles. The number of hydrogen-bond acceptors (Lipinski definition) is 3. The van der Waals surface area contributed by atoms with Crippen molar-refractivity contribution in [1.29, 1.82) is 0 Å². The Morgan fingerprint density at radius 1 is 1.14 bits per heavy atom. The number of aromatic nitrogens is 3. The third-order valence-corrected chi connectivity index (χ3v) is 3.46. The maximum absolute atomic E-state index is 5.84. The fourth-order valence-electron chi connectivity index (χ4n) is 2.27. The van der Waals surface area contributed by atoms with Gasteiger partial charge in [-0.1, -0.05) is 11.6 Å². The van der Waals surface area contributed by atoms with Crippen LogP contribution in [-0.2, 0) is 0 Å². The summed E-state index contributed by atoms with van der Waals surface area (Å²) < 4.78 is 5.33. The molecule has 0 amide bonds. The van der Waals surface area contributed by atoms with Gasteiger partial charge in [-0.25, -0.2) is 4.98 Å². The monoisotopic (exact) mass is 299 g/mol. The first-order valence-electron chi connectivity index (χ1n) is 6.49. The van der Waals surface area contributed by atoms with Crippen molar-refractivity contribution in [3.63, 3.8) is 0 Å². The van der Waals surface area contributed by atoms with E-state index < -0.39 is 0 Å². The number of aryl methyl sites for hydroxylation is 1. The van der Waals surface area contributed by atoms with Crippen LogP contribution in [0.3, 0.4) is 0 Å². The Morgan fingerprint density at radius 2 is 2.00 bits per heavy atom. The number of methoxy groups -OCH3 is 1. The first kappa shape index (κ1) is 13.6. The molecule has 0 unspecified atom stereocenters. The van der Waals surface area contributed by atoms with Crippen molar-refractivity contribution in [2.45, 2.75) is 6.92 Å². The number of pyridine rings is 1. The van der Waals surface area contributed by atoms with E-state index >= 15 is 0 Å². The molecule has 1 aromatic carbocycles. The molecular weight excluding hydrogens is 286 g/mol. The van der Waals surface area contributed by atoms with Crippen molar-refractivity contribution in [3.05, 3.63) is 53.4 Å². The van der Waals surface area contributed by atoms with Crippen molar-refractivity contribution in [1.82, 2.24) is 15.2 Å². The highest BCUT2D eigenvalue weighted by molar-refractivity contribution is 6.29. The van der Waals surface area contributed by atoms with E-state index in [1.807, 2.05) is 31.3 Å². The summed E-state index contributed by atoms with van der Waals surface area (Å²) in [6.07, 6.45) is 3.60. The second kappa shape index (κ2) is 5.58. The molecular formula is C16H14ClN3O. The fraction of sp³-hybridized carbons (Fsp3) is 0.125. The third-order valence-electron chi connectivity index (χ3n) is 3.24. The van der Waals surface area contributed by atoms with Crippen LogP contribution in [0, 0.1) is 6.92 Å². The Hall–Kier alpha value is -2.33. The van der Waals surface area contributed by atoms with Crippen molar-refractivity contribution >= 4 is 11.6 Å². The van der Waals surface area contributed by atoms with Crippen LogP contribution in [-0.4, -0.2) is 22.3 Å². The topological polar surface area (TPSA) is 50.8 Å². The van der Waals surface area contributed by atoms with E-state index in [-0.39, 0.29) is 0 Å².